The highest BCUT2D eigenvalue weighted by Gasteiger charge is 2.11. The third kappa shape index (κ3) is 10.1. The predicted octanol–water partition coefficient (Wildman–Crippen LogP) is 3.07. The van der Waals surface area contributed by atoms with E-state index in [1.807, 2.05) is 30.3 Å². The molecule has 0 bridgehead atoms. The van der Waals surface area contributed by atoms with Gasteiger partial charge in [0.2, 0.25) is 5.91 Å². The summed E-state index contributed by atoms with van der Waals surface area (Å²) < 4.78 is 11.1. The minimum absolute atomic E-state index is 0.0839. The van der Waals surface area contributed by atoms with E-state index < -0.39 is 17.8 Å². The van der Waals surface area contributed by atoms with Crippen molar-refractivity contribution in [1.29, 1.82) is 0 Å². The van der Waals surface area contributed by atoms with Crippen molar-refractivity contribution >= 4 is 62.6 Å². The Morgan fingerprint density at radius 3 is 2.47 bits per heavy atom. The summed E-state index contributed by atoms with van der Waals surface area (Å²) in [5.41, 5.74) is 5.74. The lowest BCUT2D eigenvalue weighted by molar-refractivity contribution is -0.144. The van der Waals surface area contributed by atoms with E-state index in [4.69, 9.17) is 33.3 Å². The first-order valence-electron chi connectivity index (χ1n) is 9.49. The zero-order valence-electron chi connectivity index (χ0n) is 16.9. The van der Waals surface area contributed by atoms with E-state index in [-0.39, 0.29) is 31.2 Å². The number of ether oxygens (including phenoxy) is 2. The van der Waals surface area contributed by atoms with E-state index in [1.54, 1.807) is 18.2 Å². The standard InChI is InChI=1S/C21H21BrClN3O5S/c22-16-12-15(23)6-7-17(16)31-13-19(28)25-26-21(32)24-18(27)8-9-20(29)30-11-10-14-4-2-1-3-5-14/h1-7,12H,8-11,13H2,(H,25,28)(H2,24,26,27,32). The molecule has 0 saturated carbocycles. The van der Waals surface area contributed by atoms with Crippen molar-refractivity contribution in [3.8, 4) is 5.75 Å². The van der Waals surface area contributed by atoms with Crippen molar-refractivity contribution in [3.63, 3.8) is 0 Å². The molecule has 0 atom stereocenters. The molecule has 0 aliphatic rings. The number of carbonyl (C=O) groups is 3. The number of amides is 2. The number of nitrogens with one attached hydrogen (secondary N) is 3. The summed E-state index contributed by atoms with van der Waals surface area (Å²) in [6, 6.07) is 14.5. The molecule has 3 N–H and O–H groups in total. The molecule has 0 radical (unpaired) electrons. The number of rotatable bonds is 9. The fourth-order valence-corrected chi connectivity index (χ4v) is 3.30. The first-order chi connectivity index (χ1) is 15.3. The number of thiocarbonyl (C=S) groups is 1. The molecule has 0 saturated heterocycles. The van der Waals surface area contributed by atoms with E-state index in [2.05, 4.69) is 32.1 Å². The van der Waals surface area contributed by atoms with Gasteiger partial charge in [0.1, 0.15) is 5.75 Å². The van der Waals surface area contributed by atoms with Crippen molar-refractivity contribution in [2.75, 3.05) is 13.2 Å². The van der Waals surface area contributed by atoms with Gasteiger partial charge in [-0.2, -0.15) is 0 Å². The highest BCUT2D eigenvalue weighted by atomic mass is 79.9. The third-order valence-electron chi connectivity index (χ3n) is 3.87. The number of hydrogen-bond donors (Lipinski definition) is 3. The van der Waals surface area contributed by atoms with Crippen LogP contribution in [0.15, 0.2) is 53.0 Å². The Labute approximate surface area is 204 Å². The smallest absolute Gasteiger partial charge is 0.306 e. The molecule has 2 aromatic rings. The molecule has 2 amide bonds. The van der Waals surface area contributed by atoms with Gasteiger partial charge in [-0.1, -0.05) is 41.9 Å². The fraction of sp³-hybridized carbons (Fsp3) is 0.238. The molecular formula is C21H21BrClN3O5S. The van der Waals surface area contributed by atoms with Gasteiger partial charge < -0.3 is 14.8 Å². The van der Waals surface area contributed by atoms with E-state index >= 15 is 0 Å². The second kappa shape index (κ2) is 13.7. The molecule has 0 unspecified atom stereocenters. The summed E-state index contributed by atoms with van der Waals surface area (Å²) in [6.45, 7) is -0.0518. The van der Waals surface area contributed by atoms with Crippen LogP contribution in [0.5, 0.6) is 5.75 Å². The van der Waals surface area contributed by atoms with Crippen LogP contribution in [0, 0.1) is 0 Å². The van der Waals surface area contributed by atoms with Crippen LogP contribution in [0.3, 0.4) is 0 Å². The molecule has 0 spiro atoms. The maximum absolute atomic E-state index is 11.9. The van der Waals surface area contributed by atoms with Crippen molar-refractivity contribution < 1.29 is 23.9 Å². The van der Waals surface area contributed by atoms with E-state index in [0.717, 1.165) is 5.56 Å². The Morgan fingerprint density at radius 1 is 1.00 bits per heavy atom. The van der Waals surface area contributed by atoms with Crippen LogP contribution >= 0.6 is 39.7 Å². The largest absolute Gasteiger partial charge is 0.483 e. The summed E-state index contributed by atoms with van der Waals surface area (Å²) >= 11 is 14.0. The second-order valence-corrected chi connectivity index (χ2v) is 8.07. The van der Waals surface area contributed by atoms with Gasteiger partial charge in [0.15, 0.2) is 11.7 Å². The molecule has 0 aliphatic carbocycles. The van der Waals surface area contributed by atoms with Gasteiger partial charge in [-0.05, 0) is 51.9 Å². The van der Waals surface area contributed by atoms with Crippen LogP contribution in [0.2, 0.25) is 5.02 Å². The Balaban J connectivity index is 1.57. The normalized spacial score (nSPS) is 10.1. The lowest BCUT2D eigenvalue weighted by Crippen LogP contribution is -2.49. The number of carbonyl (C=O) groups excluding carboxylic acids is 3. The summed E-state index contributed by atoms with van der Waals surface area (Å²) in [5, 5.41) is 2.77. The monoisotopic (exact) mass is 541 g/mol. The Kier molecular flexibility index (Phi) is 10.9. The molecule has 170 valence electrons. The van der Waals surface area contributed by atoms with Crippen LogP contribution in [-0.4, -0.2) is 36.1 Å². The lowest BCUT2D eigenvalue weighted by Gasteiger charge is -2.12. The number of hydrogen-bond acceptors (Lipinski definition) is 6. The molecule has 11 heteroatoms. The first kappa shape index (κ1) is 25.6. The van der Waals surface area contributed by atoms with Gasteiger partial charge in [-0.15, -0.1) is 0 Å². The van der Waals surface area contributed by atoms with Gasteiger partial charge in [0.05, 0.1) is 17.5 Å². The SMILES string of the molecule is O=C(COc1ccc(Cl)cc1Br)NNC(=S)NC(=O)CCC(=O)OCCc1ccccc1. The van der Waals surface area contributed by atoms with Gasteiger partial charge in [-0.3, -0.25) is 25.2 Å². The van der Waals surface area contributed by atoms with Crippen molar-refractivity contribution in [2.45, 2.75) is 19.3 Å². The molecule has 8 nitrogen and oxygen atoms in total. The maximum Gasteiger partial charge on any atom is 0.306 e. The fourth-order valence-electron chi connectivity index (χ4n) is 2.33. The highest BCUT2D eigenvalue weighted by molar-refractivity contribution is 9.10. The number of hydrazine groups is 1. The van der Waals surface area contributed by atoms with E-state index in [1.165, 1.54) is 0 Å². The molecule has 0 heterocycles. The first-order valence-corrected chi connectivity index (χ1v) is 11.1. The number of benzene rings is 2. The average molecular weight is 543 g/mol. The lowest BCUT2D eigenvalue weighted by atomic mass is 10.2. The summed E-state index contributed by atoms with van der Waals surface area (Å²) in [7, 11) is 0. The zero-order chi connectivity index (χ0) is 23.3. The minimum Gasteiger partial charge on any atom is -0.483 e. The van der Waals surface area contributed by atoms with Gasteiger partial charge >= 0.3 is 5.97 Å². The van der Waals surface area contributed by atoms with Crippen LogP contribution in [-0.2, 0) is 25.5 Å². The van der Waals surface area contributed by atoms with Crippen LogP contribution in [0.25, 0.3) is 0 Å². The van der Waals surface area contributed by atoms with Gasteiger partial charge in [-0.25, -0.2) is 0 Å². The van der Waals surface area contributed by atoms with Crippen LogP contribution in [0.4, 0.5) is 0 Å². The summed E-state index contributed by atoms with van der Waals surface area (Å²) in [4.78, 5) is 35.4. The molecule has 0 aliphatic heterocycles. The minimum atomic E-state index is -0.523. The van der Waals surface area contributed by atoms with Crippen LogP contribution < -0.4 is 20.9 Å². The summed E-state index contributed by atoms with van der Waals surface area (Å²) in [5.74, 6) is -1.05. The third-order valence-corrected chi connectivity index (χ3v) is 4.93. The molecule has 0 aromatic heterocycles. The topological polar surface area (TPSA) is 106 Å². The van der Waals surface area contributed by atoms with Crippen molar-refractivity contribution in [2.24, 2.45) is 0 Å². The number of esters is 1. The Bertz CT molecular complexity index is 962. The Morgan fingerprint density at radius 2 is 1.75 bits per heavy atom. The van der Waals surface area contributed by atoms with Gasteiger partial charge in [0.25, 0.3) is 5.91 Å². The zero-order valence-corrected chi connectivity index (χ0v) is 20.0. The van der Waals surface area contributed by atoms with Gasteiger partial charge in [0, 0.05) is 17.9 Å². The van der Waals surface area contributed by atoms with E-state index in [0.29, 0.717) is 21.7 Å². The van der Waals surface area contributed by atoms with Crippen molar-refractivity contribution in [1.82, 2.24) is 16.2 Å². The van der Waals surface area contributed by atoms with Crippen molar-refractivity contribution in [3.05, 3.63) is 63.6 Å². The highest BCUT2D eigenvalue weighted by Crippen LogP contribution is 2.27. The Hall–Kier alpha value is -2.69. The second-order valence-electron chi connectivity index (χ2n) is 6.37. The van der Waals surface area contributed by atoms with Crippen LogP contribution in [0.1, 0.15) is 18.4 Å². The molecule has 32 heavy (non-hydrogen) atoms. The molecule has 0 fully saturated rings. The molecular weight excluding hydrogens is 522 g/mol. The molecule has 2 aromatic carbocycles. The number of halogens is 2. The quantitative estimate of drug-likeness (QED) is 0.254. The van der Waals surface area contributed by atoms with E-state index in [9.17, 15) is 14.4 Å². The summed E-state index contributed by atoms with van der Waals surface area (Å²) in [6.07, 6.45) is 0.415. The molecule has 2 rings (SSSR count). The average Bonchev–Trinajstić information content (AvgIpc) is 2.76. The predicted molar refractivity (Wildman–Crippen MR) is 127 cm³/mol. The maximum atomic E-state index is 11.9.